The van der Waals surface area contributed by atoms with Gasteiger partial charge in [-0.2, -0.15) is 0 Å². The van der Waals surface area contributed by atoms with E-state index in [1.807, 2.05) is 98.0 Å². The van der Waals surface area contributed by atoms with Crippen molar-refractivity contribution in [3.8, 4) is 34.4 Å². The van der Waals surface area contributed by atoms with Gasteiger partial charge in [-0.1, -0.05) is 96.8 Å². The summed E-state index contributed by atoms with van der Waals surface area (Å²) in [6.45, 7) is 13.0. The molecule has 0 aliphatic heterocycles. The summed E-state index contributed by atoms with van der Waals surface area (Å²) in [5.74, 6) is 7.32. The van der Waals surface area contributed by atoms with Crippen LogP contribution in [-0.4, -0.2) is 73.6 Å². The van der Waals surface area contributed by atoms with Crippen LogP contribution in [0.4, 0.5) is 9.59 Å². The molecule has 0 spiro atoms. The summed E-state index contributed by atoms with van der Waals surface area (Å²) in [5, 5.41) is 8.40. The molecule has 0 aliphatic carbocycles. The lowest BCUT2D eigenvalue weighted by Crippen LogP contribution is -2.44. The fraction of sp³-hybridized carbons (Fsp3) is 0.321. The third-order valence-electron chi connectivity index (χ3n) is 10.5. The standard InChI is InChI=1S/C53H60N8O6/c1-35(61(8)49(63)46(41-19-13-10-14-20-41)60-51(65)67-53(5,6)7)47-56-34-43(58-47)39-30-26-37(27-31-39)23-22-36-24-28-38(29-25-36)42-33-55-44(57-42)21-15-16-32-54-48(62)45(40-17-11-9-12-18-40)59-50(64)66-52(2,3)4/h9-14,17-20,24-31,33-35,45-46H,15-16,21,32H2,1-8H3,(H,54,62)(H,55,57)(H,56,58)(H,59,64)(H,60,65)/t35?,45-,46-/m1/s1. The number of aromatic nitrogens is 4. The second kappa shape index (κ2) is 22.0. The van der Waals surface area contributed by atoms with E-state index in [9.17, 15) is 19.2 Å². The van der Waals surface area contributed by atoms with Crippen LogP contribution >= 0.6 is 0 Å². The third kappa shape index (κ3) is 14.4. The number of imidazole rings is 2. The number of nitrogens with one attached hydrogen (secondary N) is 5. The van der Waals surface area contributed by atoms with Gasteiger partial charge in [-0.05, 0) is 108 Å². The van der Waals surface area contributed by atoms with Gasteiger partial charge in [0.05, 0.1) is 29.8 Å². The van der Waals surface area contributed by atoms with E-state index >= 15 is 0 Å². The first-order valence-corrected chi connectivity index (χ1v) is 22.4. The molecule has 6 aromatic rings. The molecule has 3 atom stereocenters. The number of hydrogen-bond acceptors (Lipinski definition) is 8. The molecule has 2 aromatic heterocycles. The number of carbonyl (C=O) groups excluding carboxylic acids is 4. The van der Waals surface area contributed by atoms with Crippen molar-refractivity contribution in [3.05, 3.63) is 155 Å². The van der Waals surface area contributed by atoms with Crippen LogP contribution in [0.2, 0.25) is 0 Å². The Labute approximate surface area is 392 Å². The predicted octanol–water partition coefficient (Wildman–Crippen LogP) is 9.36. The minimum atomic E-state index is -0.952. The lowest BCUT2D eigenvalue weighted by atomic mass is 10.0. The maximum absolute atomic E-state index is 13.8. The Morgan fingerprint density at radius 3 is 1.64 bits per heavy atom. The highest BCUT2D eigenvalue weighted by molar-refractivity contribution is 5.88. The minimum Gasteiger partial charge on any atom is -0.444 e. The van der Waals surface area contributed by atoms with Crippen LogP contribution in [-0.2, 0) is 25.5 Å². The van der Waals surface area contributed by atoms with E-state index < -0.39 is 41.5 Å². The molecule has 4 aromatic carbocycles. The monoisotopic (exact) mass is 904 g/mol. The van der Waals surface area contributed by atoms with Gasteiger partial charge in [0.1, 0.15) is 34.9 Å². The second-order valence-electron chi connectivity index (χ2n) is 18.2. The number of aryl methyl sites for hydroxylation is 1. The molecule has 0 fully saturated rings. The van der Waals surface area contributed by atoms with E-state index in [2.05, 4.69) is 47.7 Å². The first-order valence-electron chi connectivity index (χ1n) is 22.4. The molecule has 67 heavy (non-hydrogen) atoms. The SMILES string of the molecule is CC(c1ncc(-c2ccc(C#Cc3ccc(-c4cnc(CCCCNC(=O)[C@H](NC(=O)OC(C)(C)C)c5ccccc5)[nH]4)cc3)cc2)[nH]1)N(C)C(=O)[C@H](NC(=O)OC(C)(C)C)c1ccccc1. The molecule has 1 unspecified atom stereocenters. The Morgan fingerprint density at radius 1 is 0.642 bits per heavy atom. The van der Waals surface area contributed by atoms with Crippen molar-refractivity contribution in [1.82, 2.24) is 40.8 Å². The highest BCUT2D eigenvalue weighted by atomic mass is 16.6. The van der Waals surface area contributed by atoms with Gasteiger partial charge in [0, 0.05) is 31.1 Å². The molecule has 0 saturated heterocycles. The van der Waals surface area contributed by atoms with Gasteiger partial charge in [-0.3, -0.25) is 9.59 Å². The number of carbonyl (C=O) groups is 4. The smallest absolute Gasteiger partial charge is 0.408 e. The van der Waals surface area contributed by atoms with Crippen molar-refractivity contribution in [2.45, 2.75) is 97.1 Å². The Balaban J connectivity index is 0.979. The Hall–Kier alpha value is -7.66. The second-order valence-corrected chi connectivity index (χ2v) is 18.2. The summed E-state index contributed by atoms with van der Waals surface area (Å²) >= 11 is 0. The summed E-state index contributed by atoms with van der Waals surface area (Å²) in [5.41, 5.74) is 5.21. The molecular weight excluding hydrogens is 845 g/mol. The third-order valence-corrected chi connectivity index (χ3v) is 10.5. The van der Waals surface area contributed by atoms with Crippen molar-refractivity contribution >= 4 is 24.0 Å². The molecule has 2 heterocycles. The molecule has 0 aliphatic rings. The number of hydrogen-bond donors (Lipinski definition) is 5. The van der Waals surface area contributed by atoms with Crippen molar-refractivity contribution in [2.24, 2.45) is 0 Å². The highest BCUT2D eigenvalue weighted by Gasteiger charge is 2.31. The van der Waals surface area contributed by atoms with Gasteiger partial charge in [0.15, 0.2) is 0 Å². The highest BCUT2D eigenvalue weighted by Crippen LogP contribution is 2.26. The zero-order valence-corrected chi connectivity index (χ0v) is 39.4. The van der Waals surface area contributed by atoms with Crippen LogP contribution < -0.4 is 16.0 Å². The molecular formula is C53H60N8O6. The molecule has 0 bridgehead atoms. The van der Waals surface area contributed by atoms with Crippen molar-refractivity contribution in [1.29, 1.82) is 0 Å². The average molecular weight is 905 g/mol. The number of aromatic amines is 2. The van der Waals surface area contributed by atoms with Gasteiger partial charge >= 0.3 is 12.2 Å². The first kappa shape index (κ1) is 48.8. The van der Waals surface area contributed by atoms with Crippen LogP contribution in [0.3, 0.4) is 0 Å². The summed E-state index contributed by atoms with van der Waals surface area (Å²) in [6, 6.07) is 31.7. The van der Waals surface area contributed by atoms with Crippen molar-refractivity contribution < 1.29 is 28.7 Å². The lowest BCUT2D eigenvalue weighted by molar-refractivity contribution is -0.134. The summed E-state index contributed by atoms with van der Waals surface area (Å²) in [4.78, 5) is 69.7. The van der Waals surface area contributed by atoms with E-state index in [1.165, 1.54) is 0 Å². The molecule has 348 valence electrons. The summed E-state index contributed by atoms with van der Waals surface area (Å²) in [6.07, 6.45) is 4.46. The van der Waals surface area contributed by atoms with Gasteiger partial charge in [0.2, 0.25) is 11.8 Å². The number of amides is 4. The molecule has 5 N–H and O–H groups in total. The largest absolute Gasteiger partial charge is 0.444 e. The maximum atomic E-state index is 13.8. The van der Waals surface area contributed by atoms with Crippen molar-refractivity contribution in [2.75, 3.05) is 13.6 Å². The predicted molar refractivity (Wildman–Crippen MR) is 258 cm³/mol. The quantitative estimate of drug-likeness (QED) is 0.0499. The minimum absolute atomic E-state index is 0.304. The number of ether oxygens (including phenoxy) is 2. The number of nitrogens with zero attached hydrogens (tertiary/aromatic N) is 3. The fourth-order valence-corrected chi connectivity index (χ4v) is 6.98. The Bertz CT molecular complexity index is 2650. The van der Waals surface area contributed by atoms with E-state index in [4.69, 9.17) is 9.47 Å². The van der Waals surface area contributed by atoms with Crippen LogP contribution in [0.15, 0.2) is 122 Å². The summed E-state index contributed by atoms with van der Waals surface area (Å²) in [7, 11) is 1.69. The number of likely N-dealkylation sites (N-methyl/N-ethyl adjacent to an activating group) is 1. The summed E-state index contributed by atoms with van der Waals surface area (Å²) < 4.78 is 10.8. The topological polar surface area (TPSA) is 183 Å². The van der Waals surface area contributed by atoms with Gasteiger partial charge < -0.3 is 40.3 Å². The van der Waals surface area contributed by atoms with E-state index in [0.717, 1.165) is 52.3 Å². The van der Waals surface area contributed by atoms with Gasteiger partial charge in [-0.25, -0.2) is 19.6 Å². The number of benzene rings is 4. The number of unbranched alkanes of at least 4 members (excludes halogenated alkanes) is 1. The van der Waals surface area contributed by atoms with Crippen molar-refractivity contribution in [3.63, 3.8) is 0 Å². The van der Waals surface area contributed by atoms with Crippen LogP contribution in [0.25, 0.3) is 22.5 Å². The van der Waals surface area contributed by atoms with E-state index in [-0.39, 0.29) is 11.8 Å². The zero-order valence-electron chi connectivity index (χ0n) is 39.4. The van der Waals surface area contributed by atoms with Crippen LogP contribution in [0.1, 0.15) is 113 Å². The van der Waals surface area contributed by atoms with Crippen LogP contribution in [0, 0.1) is 11.8 Å². The Morgan fingerprint density at radius 2 is 1.12 bits per heavy atom. The molecule has 0 saturated carbocycles. The molecule has 6 rings (SSSR count). The zero-order chi connectivity index (χ0) is 48.1. The number of H-pyrrole nitrogens is 2. The van der Waals surface area contributed by atoms with E-state index in [0.29, 0.717) is 29.9 Å². The lowest BCUT2D eigenvalue weighted by Gasteiger charge is -2.29. The fourth-order valence-electron chi connectivity index (χ4n) is 6.98. The Kier molecular flexibility index (Phi) is 16.0. The molecule has 14 nitrogen and oxygen atoms in total. The number of alkyl carbamates (subject to hydrolysis) is 2. The van der Waals surface area contributed by atoms with E-state index in [1.54, 1.807) is 84.0 Å². The van der Waals surface area contributed by atoms with Gasteiger partial charge in [0.25, 0.3) is 0 Å². The number of rotatable bonds is 15. The maximum Gasteiger partial charge on any atom is 0.408 e. The molecule has 0 radical (unpaired) electrons. The first-order chi connectivity index (χ1) is 31.9. The van der Waals surface area contributed by atoms with Crippen LogP contribution in [0.5, 0.6) is 0 Å². The molecule has 4 amide bonds. The van der Waals surface area contributed by atoms with Gasteiger partial charge in [-0.15, -0.1) is 0 Å². The molecule has 14 heteroatoms. The normalized spacial score (nSPS) is 12.7. The average Bonchev–Trinajstić information content (AvgIpc) is 3.99.